The number of aliphatic hydroxyl groups is 1. The number of aromatic nitrogens is 1. The first-order valence-electron chi connectivity index (χ1n) is 12.1. The van der Waals surface area contributed by atoms with Crippen LogP contribution in [0, 0.1) is 5.82 Å². The van der Waals surface area contributed by atoms with E-state index < -0.39 is 6.23 Å². The van der Waals surface area contributed by atoms with Crippen LogP contribution >= 0.6 is 0 Å². The molecule has 0 saturated heterocycles. The lowest BCUT2D eigenvalue weighted by molar-refractivity contribution is -0.0889. The predicted octanol–water partition coefficient (Wildman–Crippen LogP) is 4.10. The molecule has 2 aliphatic rings. The van der Waals surface area contributed by atoms with Crippen molar-refractivity contribution in [2.45, 2.75) is 51.2 Å². The van der Waals surface area contributed by atoms with Crippen molar-refractivity contribution in [2.75, 3.05) is 20.8 Å². The molecule has 6 nitrogen and oxygen atoms in total. The summed E-state index contributed by atoms with van der Waals surface area (Å²) in [6.45, 7) is 3.91. The molecule has 0 amide bonds. The van der Waals surface area contributed by atoms with Crippen molar-refractivity contribution in [2.24, 2.45) is 0 Å². The fourth-order valence-electron chi connectivity index (χ4n) is 5.57. The van der Waals surface area contributed by atoms with Gasteiger partial charge in [-0.1, -0.05) is 24.3 Å². The zero-order valence-corrected chi connectivity index (χ0v) is 20.4. The van der Waals surface area contributed by atoms with Gasteiger partial charge in [-0.15, -0.1) is 0 Å². The maximum Gasteiger partial charge on any atom is 0.161 e. The van der Waals surface area contributed by atoms with Gasteiger partial charge in [-0.3, -0.25) is 14.8 Å². The molecule has 2 aliphatic heterocycles. The minimum atomic E-state index is -0.718. The van der Waals surface area contributed by atoms with Gasteiger partial charge in [0, 0.05) is 37.4 Å². The number of benzene rings is 2. The Morgan fingerprint density at radius 2 is 1.83 bits per heavy atom. The van der Waals surface area contributed by atoms with Crippen molar-refractivity contribution >= 4 is 0 Å². The maximum absolute atomic E-state index is 14.5. The number of ether oxygens (including phenoxy) is 2. The fraction of sp³-hybridized carbons (Fsp3) is 0.393. The van der Waals surface area contributed by atoms with Crippen molar-refractivity contribution in [1.29, 1.82) is 0 Å². The van der Waals surface area contributed by atoms with Gasteiger partial charge < -0.3 is 14.6 Å². The normalized spacial score (nSPS) is 21.2. The Morgan fingerprint density at radius 1 is 1.09 bits per heavy atom. The molecule has 1 aromatic heterocycles. The molecule has 0 aliphatic carbocycles. The SMILES string of the molecule is COc1cc2c(cc1OC)C(C)N(C(O)C1Cc3ccccc3CN1Cc1ccncc1F)CC2. The summed E-state index contributed by atoms with van der Waals surface area (Å²) < 4.78 is 25.5. The second-order valence-electron chi connectivity index (χ2n) is 9.40. The summed E-state index contributed by atoms with van der Waals surface area (Å²) in [6.07, 6.45) is 3.66. The van der Waals surface area contributed by atoms with Crippen molar-refractivity contribution < 1.29 is 19.0 Å². The lowest BCUT2D eigenvalue weighted by Crippen LogP contribution is -2.56. The van der Waals surface area contributed by atoms with Crippen LogP contribution in [0.4, 0.5) is 4.39 Å². The average Bonchev–Trinajstić information content (AvgIpc) is 2.88. The monoisotopic (exact) mass is 477 g/mol. The van der Waals surface area contributed by atoms with Crippen LogP contribution in [0.1, 0.15) is 40.8 Å². The number of rotatable bonds is 6. The number of aliphatic hydroxyl groups excluding tert-OH is 1. The standard InChI is InChI=1S/C28H32FN3O3/c1-18-23-14-27(35-3)26(34-2)13-20(23)9-11-32(18)28(33)25-12-19-6-4-5-7-21(19)16-31(25)17-22-8-10-30-15-24(22)29/h4-8,10,13-15,18,25,28,33H,9,11-12,16-17H2,1-3H3. The van der Waals surface area contributed by atoms with Crippen molar-refractivity contribution in [3.63, 3.8) is 0 Å². The van der Waals surface area contributed by atoms with Gasteiger partial charge in [0.2, 0.25) is 0 Å². The van der Waals surface area contributed by atoms with Gasteiger partial charge >= 0.3 is 0 Å². The van der Waals surface area contributed by atoms with Crippen LogP contribution in [0.5, 0.6) is 11.5 Å². The van der Waals surface area contributed by atoms with Gasteiger partial charge in [-0.05, 0) is 60.2 Å². The van der Waals surface area contributed by atoms with Gasteiger partial charge in [0.25, 0.3) is 0 Å². The topological polar surface area (TPSA) is 58.1 Å². The van der Waals surface area contributed by atoms with Crippen molar-refractivity contribution in [3.8, 4) is 11.5 Å². The molecule has 1 N–H and O–H groups in total. The second-order valence-corrected chi connectivity index (χ2v) is 9.40. The molecule has 0 saturated carbocycles. The molecular weight excluding hydrogens is 445 g/mol. The molecule has 0 fully saturated rings. The third-order valence-corrected chi connectivity index (χ3v) is 7.54. The Bertz CT molecular complexity index is 1200. The zero-order chi connectivity index (χ0) is 24.5. The highest BCUT2D eigenvalue weighted by atomic mass is 19.1. The number of nitrogens with zero attached hydrogens (tertiary/aromatic N) is 3. The van der Waals surface area contributed by atoms with Crippen LogP contribution in [0.15, 0.2) is 54.9 Å². The third kappa shape index (κ3) is 4.51. The first-order chi connectivity index (χ1) is 17.0. The highest BCUT2D eigenvalue weighted by molar-refractivity contribution is 5.49. The van der Waals surface area contributed by atoms with Crippen LogP contribution < -0.4 is 9.47 Å². The zero-order valence-electron chi connectivity index (χ0n) is 20.4. The number of pyridine rings is 1. The summed E-state index contributed by atoms with van der Waals surface area (Å²) in [5.74, 6) is 1.10. The molecular formula is C28H32FN3O3. The number of hydrogen-bond donors (Lipinski definition) is 1. The van der Waals surface area contributed by atoms with E-state index in [1.807, 2.05) is 24.3 Å². The summed E-state index contributed by atoms with van der Waals surface area (Å²) in [4.78, 5) is 8.24. The van der Waals surface area contributed by atoms with Crippen LogP contribution in [0.25, 0.3) is 0 Å². The number of methoxy groups -OCH3 is 2. The summed E-state index contributed by atoms with van der Waals surface area (Å²) in [7, 11) is 3.29. The van der Waals surface area contributed by atoms with E-state index in [1.54, 1.807) is 26.5 Å². The molecule has 3 heterocycles. The minimum Gasteiger partial charge on any atom is -0.493 e. The van der Waals surface area contributed by atoms with E-state index in [9.17, 15) is 9.50 Å². The van der Waals surface area contributed by atoms with Gasteiger partial charge in [-0.2, -0.15) is 0 Å². The van der Waals surface area contributed by atoms with E-state index in [-0.39, 0.29) is 17.9 Å². The van der Waals surface area contributed by atoms with Crippen LogP contribution in [-0.2, 0) is 25.9 Å². The average molecular weight is 478 g/mol. The van der Waals surface area contributed by atoms with Crippen LogP contribution in [0.2, 0.25) is 0 Å². The molecule has 3 atom stereocenters. The van der Waals surface area contributed by atoms with E-state index in [0.717, 1.165) is 24.3 Å². The molecule has 184 valence electrons. The van der Waals surface area contributed by atoms with Gasteiger partial charge in [0.05, 0.1) is 26.5 Å². The Labute approximate surface area is 205 Å². The molecule has 35 heavy (non-hydrogen) atoms. The highest BCUT2D eigenvalue weighted by Crippen LogP contribution is 2.39. The smallest absolute Gasteiger partial charge is 0.161 e. The van der Waals surface area contributed by atoms with Gasteiger partial charge in [0.1, 0.15) is 12.0 Å². The van der Waals surface area contributed by atoms with Crippen molar-refractivity contribution in [1.82, 2.24) is 14.8 Å². The Morgan fingerprint density at radius 3 is 2.57 bits per heavy atom. The van der Waals surface area contributed by atoms with Crippen LogP contribution in [0.3, 0.4) is 0 Å². The quantitative estimate of drug-likeness (QED) is 0.577. The number of halogens is 1. The van der Waals surface area contributed by atoms with Gasteiger partial charge in [0.15, 0.2) is 11.5 Å². The van der Waals surface area contributed by atoms with E-state index in [1.165, 1.54) is 22.9 Å². The van der Waals surface area contributed by atoms with E-state index >= 15 is 0 Å². The molecule has 3 aromatic rings. The first-order valence-corrected chi connectivity index (χ1v) is 12.1. The lowest BCUT2D eigenvalue weighted by atomic mass is 9.89. The Hall–Kier alpha value is -3.00. The minimum absolute atomic E-state index is 0.00904. The van der Waals surface area contributed by atoms with Gasteiger partial charge in [-0.25, -0.2) is 4.39 Å². The molecule has 0 spiro atoms. The molecule has 0 radical (unpaired) electrons. The maximum atomic E-state index is 14.5. The highest BCUT2D eigenvalue weighted by Gasteiger charge is 2.38. The molecule has 3 unspecified atom stereocenters. The first kappa shape index (κ1) is 23.7. The summed E-state index contributed by atoms with van der Waals surface area (Å²) >= 11 is 0. The molecule has 5 rings (SSSR count). The van der Waals surface area contributed by atoms with E-state index in [0.29, 0.717) is 30.8 Å². The van der Waals surface area contributed by atoms with Crippen LogP contribution in [-0.4, -0.2) is 52.9 Å². The van der Waals surface area contributed by atoms with Crippen molar-refractivity contribution in [3.05, 3.63) is 88.5 Å². The van der Waals surface area contributed by atoms with E-state index in [2.05, 4.69) is 33.8 Å². The second kappa shape index (κ2) is 9.93. The number of hydrogen-bond acceptors (Lipinski definition) is 6. The molecule has 2 aromatic carbocycles. The fourth-order valence-corrected chi connectivity index (χ4v) is 5.57. The number of fused-ring (bicyclic) bond motifs is 2. The third-order valence-electron chi connectivity index (χ3n) is 7.54. The summed E-state index contributed by atoms with van der Waals surface area (Å²) in [5, 5.41) is 11.8. The molecule has 0 bridgehead atoms. The Balaban J connectivity index is 1.45. The largest absolute Gasteiger partial charge is 0.493 e. The predicted molar refractivity (Wildman–Crippen MR) is 132 cm³/mol. The lowest BCUT2D eigenvalue weighted by Gasteiger charge is -2.46. The van der Waals surface area contributed by atoms with E-state index in [4.69, 9.17) is 9.47 Å². The summed E-state index contributed by atoms with van der Waals surface area (Å²) in [6, 6.07) is 13.9. The summed E-state index contributed by atoms with van der Waals surface area (Å²) in [5.41, 5.74) is 5.39. The molecule has 7 heteroatoms. The Kier molecular flexibility index (Phi) is 6.73.